The lowest BCUT2D eigenvalue weighted by Gasteiger charge is -2.10. The summed E-state index contributed by atoms with van der Waals surface area (Å²) in [5.41, 5.74) is 1.48. The molecule has 1 atom stereocenters. The Morgan fingerprint density at radius 2 is 2.00 bits per heavy atom. The first-order chi connectivity index (χ1) is 10.6. The van der Waals surface area contributed by atoms with E-state index in [1.165, 1.54) is 0 Å². The van der Waals surface area contributed by atoms with Gasteiger partial charge in [-0.15, -0.1) is 10.2 Å². The Hall–Kier alpha value is -2.31. The summed E-state index contributed by atoms with van der Waals surface area (Å²) < 4.78 is 0. The molecule has 2 heterocycles. The van der Waals surface area contributed by atoms with E-state index in [0.717, 1.165) is 5.56 Å². The van der Waals surface area contributed by atoms with E-state index in [1.54, 1.807) is 13.1 Å². The average Bonchev–Trinajstić information content (AvgIpc) is 2.54. The molecular weight excluding hydrogens is 302 g/mol. The first kappa shape index (κ1) is 14.6. The zero-order valence-electron chi connectivity index (χ0n) is 11.9. The molecule has 0 saturated heterocycles. The third-order valence-electron chi connectivity index (χ3n) is 3.07. The minimum Gasteiger partial charge on any atom is -0.392 e. The highest BCUT2D eigenvalue weighted by atomic mass is 35.5. The molecule has 112 valence electrons. The van der Waals surface area contributed by atoms with Crippen molar-refractivity contribution in [3.05, 3.63) is 41.7 Å². The topological polar surface area (TPSA) is 83.8 Å². The highest BCUT2D eigenvalue weighted by molar-refractivity contribution is 6.34. The molecule has 0 aliphatic rings. The van der Waals surface area contributed by atoms with E-state index in [2.05, 4.69) is 25.5 Å². The number of hydrogen-bond acceptors (Lipinski definition) is 6. The molecule has 0 fully saturated rings. The number of anilines is 1. The van der Waals surface area contributed by atoms with Gasteiger partial charge in [0.05, 0.1) is 11.5 Å². The number of nitrogens with zero attached hydrogens (tertiary/aromatic N) is 4. The van der Waals surface area contributed by atoms with Crippen molar-refractivity contribution in [2.45, 2.75) is 13.0 Å². The molecule has 2 aromatic heterocycles. The second-order valence-corrected chi connectivity index (χ2v) is 5.25. The lowest BCUT2D eigenvalue weighted by molar-refractivity contribution is 0.208. The molecule has 0 aliphatic heterocycles. The molecule has 0 bridgehead atoms. The van der Waals surface area contributed by atoms with Gasteiger partial charge in [0.25, 0.3) is 0 Å². The minimum atomic E-state index is -0.511. The molecule has 0 saturated carbocycles. The average molecular weight is 316 g/mol. The summed E-state index contributed by atoms with van der Waals surface area (Å²) in [4.78, 5) is 8.88. The van der Waals surface area contributed by atoms with Crippen molar-refractivity contribution >= 4 is 28.3 Å². The van der Waals surface area contributed by atoms with Crippen molar-refractivity contribution in [1.29, 1.82) is 0 Å². The van der Waals surface area contributed by atoms with E-state index in [9.17, 15) is 5.11 Å². The molecule has 0 spiro atoms. The number of aliphatic hydroxyl groups excluding tert-OH is 1. The van der Waals surface area contributed by atoms with E-state index >= 15 is 0 Å². The SMILES string of the molecule is CC(O)CNc1nnc(Cl)c2cnc(-c3ccccc3)nc12. The normalized spacial score (nSPS) is 12.3. The van der Waals surface area contributed by atoms with E-state index in [0.29, 0.717) is 29.1 Å². The van der Waals surface area contributed by atoms with Crippen molar-refractivity contribution in [3.63, 3.8) is 0 Å². The molecule has 6 nitrogen and oxygen atoms in total. The molecule has 1 unspecified atom stereocenters. The molecule has 22 heavy (non-hydrogen) atoms. The van der Waals surface area contributed by atoms with Crippen LogP contribution in [0.1, 0.15) is 6.92 Å². The number of rotatable bonds is 4. The predicted molar refractivity (Wildman–Crippen MR) is 85.7 cm³/mol. The van der Waals surface area contributed by atoms with Crippen LogP contribution in [0.15, 0.2) is 36.5 Å². The number of aliphatic hydroxyl groups is 1. The highest BCUT2D eigenvalue weighted by Crippen LogP contribution is 2.26. The van der Waals surface area contributed by atoms with Crippen molar-refractivity contribution in [2.75, 3.05) is 11.9 Å². The first-order valence-corrected chi connectivity index (χ1v) is 7.19. The Morgan fingerprint density at radius 1 is 1.23 bits per heavy atom. The van der Waals surface area contributed by atoms with Crippen molar-refractivity contribution < 1.29 is 5.11 Å². The Balaban J connectivity index is 2.10. The molecule has 0 amide bonds. The quantitative estimate of drug-likeness (QED) is 0.769. The lowest BCUT2D eigenvalue weighted by Crippen LogP contribution is -2.17. The standard InChI is InChI=1S/C15H14ClN5O/c1-9(22)7-17-15-12-11(13(16)20-21-15)8-18-14(19-12)10-5-3-2-4-6-10/h2-6,8-9,22H,7H2,1H3,(H,17,21). The van der Waals surface area contributed by atoms with Gasteiger partial charge >= 0.3 is 0 Å². The van der Waals surface area contributed by atoms with Gasteiger partial charge in [-0.1, -0.05) is 41.9 Å². The second-order valence-electron chi connectivity index (χ2n) is 4.89. The lowest BCUT2D eigenvalue weighted by atomic mass is 10.2. The third kappa shape index (κ3) is 2.98. The molecule has 2 N–H and O–H groups in total. The summed E-state index contributed by atoms with van der Waals surface area (Å²) in [5, 5.41) is 21.2. The van der Waals surface area contributed by atoms with Crippen LogP contribution in [0.4, 0.5) is 5.82 Å². The maximum Gasteiger partial charge on any atom is 0.175 e. The Morgan fingerprint density at radius 3 is 2.73 bits per heavy atom. The van der Waals surface area contributed by atoms with Crippen LogP contribution in [0, 0.1) is 0 Å². The zero-order valence-corrected chi connectivity index (χ0v) is 12.6. The molecule has 1 aromatic carbocycles. The van der Waals surface area contributed by atoms with Crippen LogP contribution in [0.3, 0.4) is 0 Å². The van der Waals surface area contributed by atoms with E-state index in [1.807, 2.05) is 30.3 Å². The van der Waals surface area contributed by atoms with Crippen molar-refractivity contribution in [2.24, 2.45) is 0 Å². The van der Waals surface area contributed by atoms with E-state index in [4.69, 9.17) is 11.6 Å². The molecular formula is C15H14ClN5O. The smallest absolute Gasteiger partial charge is 0.175 e. The fraction of sp³-hybridized carbons (Fsp3) is 0.200. The molecule has 0 aliphatic carbocycles. The predicted octanol–water partition coefficient (Wildman–Crippen LogP) is 2.53. The van der Waals surface area contributed by atoms with Crippen LogP contribution in [0.5, 0.6) is 0 Å². The number of fused-ring (bicyclic) bond motifs is 1. The first-order valence-electron chi connectivity index (χ1n) is 6.81. The number of halogens is 1. The van der Waals surface area contributed by atoms with Gasteiger partial charge in [-0.3, -0.25) is 0 Å². The second kappa shape index (κ2) is 6.21. The van der Waals surface area contributed by atoms with E-state index in [-0.39, 0.29) is 5.15 Å². The minimum absolute atomic E-state index is 0.247. The Bertz CT molecular complexity index is 795. The van der Waals surface area contributed by atoms with Crippen LogP contribution in [-0.2, 0) is 0 Å². The van der Waals surface area contributed by atoms with Crippen LogP contribution >= 0.6 is 11.6 Å². The molecule has 7 heteroatoms. The van der Waals surface area contributed by atoms with Crippen LogP contribution in [0.25, 0.3) is 22.3 Å². The Labute approximate surface area is 132 Å². The largest absolute Gasteiger partial charge is 0.392 e. The summed E-state index contributed by atoms with van der Waals surface area (Å²) in [5.74, 6) is 1.05. The summed E-state index contributed by atoms with van der Waals surface area (Å²) in [6.07, 6.45) is 1.12. The van der Waals surface area contributed by atoms with Gasteiger partial charge in [0.2, 0.25) is 0 Å². The Kier molecular flexibility index (Phi) is 4.13. The zero-order chi connectivity index (χ0) is 15.5. The maximum absolute atomic E-state index is 9.40. The van der Waals surface area contributed by atoms with Crippen LogP contribution < -0.4 is 5.32 Å². The van der Waals surface area contributed by atoms with Gasteiger partial charge in [-0.25, -0.2) is 9.97 Å². The number of hydrogen-bond donors (Lipinski definition) is 2. The van der Waals surface area contributed by atoms with Gasteiger partial charge in [0.1, 0.15) is 5.52 Å². The van der Waals surface area contributed by atoms with Crippen molar-refractivity contribution in [1.82, 2.24) is 20.2 Å². The number of benzene rings is 1. The molecule has 0 radical (unpaired) electrons. The fourth-order valence-electron chi connectivity index (χ4n) is 2.00. The molecule has 3 rings (SSSR count). The summed E-state index contributed by atoms with van der Waals surface area (Å²) >= 11 is 6.06. The molecule has 3 aromatic rings. The summed E-state index contributed by atoms with van der Waals surface area (Å²) in [6, 6.07) is 9.64. The fourth-order valence-corrected chi connectivity index (χ4v) is 2.17. The van der Waals surface area contributed by atoms with E-state index < -0.39 is 6.10 Å². The summed E-state index contributed by atoms with van der Waals surface area (Å²) in [6.45, 7) is 2.03. The highest BCUT2D eigenvalue weighted by Gasteiger charge is 2.12. The number of nitrogens with one attached hydrogen (secondary N) is 1. The van der Waals surface area contributed by atoms with Crippen LogP contribution in [0.2, 0.25) is 5.15 Å². The van der Waals surface area contributed by atoms with Gasteiger partial charge in [-0.05, 0) is 6.92 Å². The van der Waals surface area contributed by atoms with Crippen molar-refractivity contribution in [3.8, 4) is 11.4 Å². The van der Waals surface area contributed by atoms with Gasteiger partial charge in [-0.2, -0.15) is 0 Å². The van der Waals surface area contributed by atoms with Gasteiger partial charge in [0.15, 0.2) is 16.8 Å². The van der Waals surface area contributed by atoms with Gasteiger partial charge in [0, 0.05) is 18.3 Å². The summed E-state index contributed by atoms with van der Waals surface area (Å²) in [7, 11) is 0. The van der Waals surface area contributed by atoms with Gasteiger partial charge < -0.3 is 10.4 Å². The monoisotopic (exact) mass is 315 g/mol. The number of aromatic nitrogens is 4. The maximum atomic E-state index is 9.40. The third-order valence-corrected chi connectivity index (χ3v) is 3.35. The van der Waals surface area contributed by atoms with Crippen LogP contribution in [-0.4, -0.2) is 37.9 Å².